The van der Waals surface area contributed by atoms with E-state index in [0.717, 1.165) is 26.1 Å². The Morgan fingerprint density at radius 3 is 2.67 bits per heavy atom. The second kappa shape index (κ2) is 6.80. The summed E-state index contributed by atoms with van der Waals surface area (Å²) in [6.07, 6.45) is 3.43. The van der Waals surface area contributed by atoms with Crippen molar-refractivity contribution in [2.45, 2.75) is 32.1 Å². The van der Waals surface area contributed by atoms with E-state index < -0.39 is 0 Å². The first-order valence-electron chi connectivity index (χ1n) is 7.75. The van der Waals surface area contributed by atoms with Crippen LogP contribution in [0, 0.1) is 11.3 Å². The van der Waals surface area contributed by atoms with Gasteiger partial charge in [-0.2, -0.15) is 0 Å². The van der Waals surface area contributed by atoms with Crippen LogP contribution < -0.4 is 10.6 Å². The van der Waals surface area contributed by atoms with Gasteiger partial charge in [0.2, 0.25) is 5.91 Å². The van der Waals surface area contributed by atoms with Crippen LogP contribution in [0.1, 0.15) is 37.7 Å². The molecule has 1 saturated heterocycles. The number of carbonyl (C=O) groups is 1. The van der Waals surface area contributed by atoms with E-state index in [-0.39, 0.29) is 24.2 Å². The van der Waals surface area contributed by atoms with Crippen LogP contribution in [0.2, 0.25) is 0 Å². The maximum absolute atomic E-state index is 12.3. The maximum atomic E-state index is 12.3. The molecule has 1 amide bonds. The summed E-state index contributed by atoms with van der Waals surface area (Å²) in [5.74, 6) is 0.921. The van der Waals surface area contributed by atoms with E-state index in [1.165, 1.54) is 18.4 Å². The van der Waals surface area contributed by atoms with Gasteiger partial charge in [0, 0.05) is 12.5 Å². The molecule has 1 saturated carbocycles. The van der Waals surface area contributed by atoms with Crippen LogP contribution >= 0.6 is 12.4 Å². The van der Waals surface area contributed by atoms with Gasteiger partial charge in [0.05, 0.1) is 0 Å². The number of rotatable bonds is 4. The van der Waals surface area contributed by atoms with Gasteiger partial charge in [0.25, 0.3) is 0 Å². The second-order valence-electron chi connectivity index (χ2n) is 6.43. The molecule has 2 atom stereocenters. The summed E-state index contributed by atoms with van der Waals surface area (Å²) >= 11 is 0. The zero-order chi connectivity index (χ0) is 14.0. The normalized spacial score (nSPS) is 24.0. The Bertz CT molecular complexity index is 471. The van der Waals surface area contributed by atoms with E-state index in [2.05, 4.69) is 41.8 Å². The van der Waals surface area contributed by atoms with Crippen LogP contribution in [-0.2, 0) is 4.79 Å². The fourth-order valence-electron chi connectivity index (χ4n) is 3.47. The summed E-state index contributed by atoms with van der Waals surface area (Å²) in [7, 11) is 0. The topological polar surface area (TPSA) is 41.1 Å². The van der Waals surface area contributed by atoms with Gasteiger partial charge in [0.1, 0.15) is 0 Å². The van der Waals surface area contributed by atoms with Crippen molar-refractivity contribution in [1.82, 2.24) is 10.6 Å². The smallest absolute Gasteiger partial charge is 0.223 e. The van der Waals surface area contributed by atoms with Gasteiger partial charge >= 0.3 is 0 Å². The average molecular weight is 309 g/mol. The fourth-order valence-corrected chi connectivity index (χ4v) is 3.47. The summed E-state index contributed by atoms with van der Waals surface area (Å²) in [6.45, 7) is 5.06. The Morgan fingerprint density at radius 2 is 2.00 bits per heavy atom. The lowest BCUT2D eigenvalue weighted by Crippen LogP contribution is -2.34. The lowest BCUT2D eigenvalue weighted by atomic mass is 9.91. The molecule has 116 valence electrons. The molecule has 1 aromatic carbocycles. The first-order chi connectivity index (χ1) is 9.71. The summed E-state index contributed by atoms with van der Waals surface area (Å²) in [5.41, 5.74) is 1.63. The molecule has 2 unspecified atom stereocenters. The van der Waals surface area contributed by atoms with E-state index >= 15 is 0 Å². The van der Waals surface area contributed by atoms with Gasteiger partial charge in [-0.1, -0.05) is 37.3 Å². The molecule has 1 heterocycles. The molecule has 1 spiro atoms. The molecule has 0 bridgehead atoms. The van der Waals surface area contributed by atoms with Crippen LogP contribution in [0.15, 0.2) is 30.3 Å². The molecule has 2 N–H and O–H groups in total. The zero-order valence-electron chi connectivity index (χ0n) is 12.6. The van der Waals surface area contributed by atoms with E-state index in [1.807, 2.05) is 6.07 Å². The third-order valence-corrected chi connectivity index (χ3v) is 5.06. The van der Waals surface area contributed by atoms with Crippen molar-refractivity contribution in [3.05, 3.63) is 35.9 Å². The average Bonchev–Trinajstić information content (AvgIpc) is 3.19. The number of hydrogen-bond donors (Lipinski definition) is 2. The standard InChI is InChI=1S/C17H24N2O.ClH/c1-13(14-5-3-2-4-6-14)12-19-16(20)15-11-17(15)7-9-18-10-8-17;/h2-6,13,15,18H,7-12H2,1H3,(H,19,20);1H. The molecule has 2 fully saturated rings. The van der Waals surface area contributed by atoms with E-state index in [4.69, 9.17) is 0 Å². The number of nitrogens with one attached hydrogen (secondary N) is 2. The predicted octanol–water partition coefficient (Wildman–Crippen LogP) is 2.72. The molecular weight excluding hydrogens is 284 g/mol. The molecule has 21 heavy (non-hydrogen) atoms. The molecule has 1 aliphatic carbocycles. The molecule has 0 radical (unpaired) electrons. The third-order valence-electron chi connectivity index (χ3n) is 5.06. The van der Waals surface area contributed by atoms with E-state index in [1.54, 1.807) is 0 Å². The first kappa shape index (κ1) is 16.3. The number of benzene rings is 1. The molecular formula is C17H25ClN2O. The molecule has 2 aliphatic rings. The highest BCUT2D eigenvalue weighted by molar-refractivity contribution is 5.85. The van der Waals surface area contributed by atoms with Gasteiger partial charge in [-0.25, -0.2) is 0 Å². The first-order valence-corrected chi connectivity index (χ1v) is 7.75. The monoisotopic (exact) mass is 308 g/mol. The molecule has 3 rings (SSSR count). The number of carbonyl (C=O) groups excluding carboxylic acids is 1. The van der Waals surface area contributed by atoms with Crippen LogP contribution in [0.5, 0.6) is 0 Å². The minimum Gasteiger partial charge on any atom is -0.355 e. The van der Waals surface area contributed by atoms with Gasteiger partial charge in [-0.3, -0.25) is 4.79 Å². The van der Waals surface area contributed by atoms with Crippen molar-refractivity contribution >= 4 is 18.3 Å². The summed E-state index contributed by atoms with van der Waals surface area (Å²) < 4.78 is 0. The largest absolute Gasteiger partial charge is 0.355 e. The van der Waals surface area contributed by atoms with Gasteiger partial charge in [-0.05, 0) is 49.2 Å². The highest BCUT2D eigenvalue weighted by atomic mass is 35.5. The lowest BCUT2D eigenvalue weighted by Gasteiger charge is -2.23. The summed E-state index contributed by atoms with van der Waals surface area (Å²) in [6, 6.07) is 10.4. The molecule has 0 aromatic heterocycles. The SMILES string of the molecule is CC(CNC(=O)C1CC12CCNCC2)c1ccccc1.Cl. The van der Waals surface area contributed by atoms with Gasteiger partial charge in [-0.15, -0.1) is 12.4 Å². The molecule has 4 heteroatoms. The highest BCUT2D eigenvalue weighted by Crippen LogP contribution is 2.58. The maximum Gasteiger partial charge on any atom is 0.223 e. The lowest BCUT2D eigenvalue weighted by molar-refractivity contribution is -0.123. The highest BCUT2D eigenvalue weighted by Gasteiger charge is 2.57. The van der Waals surface area contributed by atoms with Crippen molar-refractivity contribution in [2.24, 2.45) is 11.3 Å². The van der Waals surface area contributed by atoms with Crippen LogP contribution in [0.25, 0.3) is 0 Å². The minimum absolute atomic E-state index is 0. The summed E-state index contributed by atoms with van der Waals surface area (Å²) in [5, 5.41) is 6.53. The quantitative estimate of drug-likeness (QED) is 0.898. The second-order valence-corrected chi connectivity index (χ2v) is 6.43. The Hall–Kier alpha value is -1.06. The third kappa shape index (κ3) is 3.58. The van der Waals surface area contributed by atoms with Crippen molar-refractivity contribution in [3.63, 3.8) is 0 Å². The Balaban J connectivity index is 0.00000161. The van der Waals surface area contributed by atoms with Crippen molar-refractivity contribution in [1.29, 1.82) is 0 Å². The molecule has 1 aliphatic heterocycles. The number of hydrogen-bond acceptors (Lipinski definition) is 2. The Labute approximate surface area is 133 Å². The number of piperidine rings is 1. The van der Waals surface area contributed by atoms with Crippen LogP contribution in [0.4, 0.5) is 0 Å². The minimum atomic E-state index is 0. The number of amides is 1. The van der Waals surface area contributed by atoms with Crippen molar-refractivity contribution < 1.29 is 4.79 Å². The van der Waals surface area contributed by atoms with Gasteiger partial charge in [0.15, 0.2) is 0 Å². The van der Waals surface area contributed by atoms with Crippen LogP contribution in [0.3, 0.4) is 0 Å². The molecule has 3 nitrogen and oxygen atoms in total. The predicted molar refractivity (Wildman–Crippen MR) is 87.8 cm³/mol. The van der Waals surface area contributed by atoms with Gasteiger partial charge < -0.3 is 10.6 Å². The van der Waals surface area contributed by atoms with E-state index in [0.29, 0.717) is 11.3 Å². The zero-order valence-corrected chi connectivity index (χ0v) is 13.4. The molecule has 1 aromatic rings. The summed E-state index contributed by atoms with van der Waals surface area (Å²) in [4.78, 5) is 12.3. The van der Waals surface area contributed by atoms with Crippen LogP contribution in [-0.4, -0.2) is 25.5 Å². The Morgan fingerprint density at radius 1 is 1.33 bits per heavy atom. The Kier molecular flexibility index (Phi) is 5.28. The van der Waals surface area contributed by atoms with Crippen molar-refractivity contribution in [2.75, 3.05) is 19.6 Å². The fraction of sp³-hybridized carbons (Fsp3) is 0.588. The van der Waals surface area contributed by atoms with E-state index in [9.17, 15) is 4.79 Å². The van der Waals surface area contributed by atoms with Crippen molar-refractivity contribution in [3.8, 4) is 0 Å². The number of halogens is 1.